The van der Waals surface area contributed by atoms with E-state index in [1.54, 1.807) is 7.11 Å². The summed E-state index contributed by atoms with van der Waals surface area (Å²) in [7, 11) is 3.72. The van der Waals surface area contributed by atoms with Crippen LogP contribution in [0.2, 0.25) is 0 Å². The van der Waals surface area contributed by atoms with E-state index in [-0.39, 0.29) is 6.79 Å². The van der Waals surface area contributed by atoms with Crippen LogP contribution in [-0.2, 0) is 20.8 Å². The van der Waals surface area contributed by atoms with E-state index in [0.29, 0.717) is 13.2 Å². The van der Waals surface area contributed by atoms with Crippen LogP contribution in [0.1, 0.15) is 23.8 Å². The van der Waals surface area contributed by atoms with Crippen LogP contribution in [0.25, 0.3) is 10.8 Å². The Morgan fingerprint density at radius 2 is 1.76 bits per heavy atom. The molecule has 0 N–H and O–H groups in total. The second-order valence-corrected chi connectivity index (χ2v) is 7.24. The summed E-state index contributed by atoms with van der Waals surface area (Å²) in [6.45, 7) is 2.41. The molecular weight excluding hydrogens is 366 g/mol. The summed E-state index contributed by atoms with van der Waals surface area (Å²) in [5, 5.41) is 2.23. The van der Waals surface area contributed by atoms with Crippen molar-refractivity contribution in [1.82, 2.24) is 0 Å². The second-order valence-electron chi connectivity index (χ2n) is 7.24. The number of benzene rings is 3. The summed E-state index contributed by atoms with van der Waals surface area (Å²) < 4.78 is 22.6. The molecule has 1 aliphatic rings. The lowest BCUT2D eigenvalue weighted by molar-refractivity contribution is -0.183. The molecule has 0 radical (unpaired) electrons. The highest BCUT2D eigenvalue weighted by Crippen LogP contribution is 2.36. The van der Waals surface area contributed by atoms with E-state index in [1.165, 1.54) is 5.56 Å². The van der Waals surface area contributed by atoms with E-state index in [2.05, 4.69) is 60.5 Å². The van der Waals surface area contributed by atoms with Gasteiger partial charge in [0.25, 0.3) is 0 Å². The number of methoxy groups -OCH3 is 1. The number of nitrogens with zero attached hydrogens (tertiary/aromatic N) is 1. The molecule has 0 amide bonds. The van der Waals surface area contributed by atoms with Crippen LogP contribution in [-0.4, -0.2) is 34.2 Å². The topological polar surface area (TPSA) is 40.2 Å². The molecule has 0 aromatic heterocycles. The van der Waals surface area contributed by atoms with E-state index in [4.69, 9.17) is 18.9 Å². The fourth-order valence-corrected chi connectivity index (χ4v) is 3.57. The highest BCUT2D eigenvalue weighted by molar-refractivity contribution is 5.88. The van der Waals surface area contributed by atoms with Crippen LogP contribution >= 0.6 is 0 Å². The van der Waals surface area contributed by atoms with Gasteiger partial charge in [0.1, 0.15) is 5.75 Å². The summed E-state index contributed by atoms with van der Waals surface area (Å²) in [6.07, 6.45) is 0.510. The minimum absolute atomic E-state index is 0.179. The Bertz CT molecular complexity index is 938. The lowest BCUT2D eigenvalue weighted by Gasteiger charge is -2.26. The van der Waals surface area contributed by atoms with Gasteiger partial charge in [-0.15, -0.1) is 0 Å². The molecular formula is C24H27NO4. The van der Waals surface area contributed by atoms with Crippen molar-refractivity contribution < 1.29 is 18.9 Å². The Hall–Kier alpha value is -2.60. The normalized spacial score (nSPS) is 14.8. The van der Waals surface area contributed by atoms with Gasteiger partial charge in [-0.25, -0.2) is 0 Å². The molecule has 5 heteroatoms. The van der Waals surface area contributed by atoms with Crippen molar-refractivity contribution in [1.29, 1.82) is 0 Å². The molecule has 3 aromatic rings. The lowest BCUT2D eigenvalue weighted by Crippen LogP contribution is -2.19. The van der Waals surface area contributed by atoms with Gasteiger partial charge < -0.3 is 23.8 Å². The molecule has 0 saturated carbocycles. The Balaban J connectivity index is 1.64. The molecule has 152 valence electrons. The van der Waals surface area contributed by atoms with Crippen LogP contribution in [0.5, 0.6) is 5.75 Å². The van der Waals surface area contributed by atoms with Gasteiger partial charge in [0.15, 0.2) is 13.1 Å². The predicted octanol–water partition coefficient (Wildman–Crippen LogP) is 4.89. The number of fused-ring (bicyclic) bond motifs is 1. The summed E-state index contributed by atoms with van der Waals surface area (Å²) in [5.74, 6) is 0.731. The molecule has 0 bridgehead atoms. The maximum atomic E-state index is 5.85. The van der Waals surface area contributed by atoms with Crippen molar-refractivity contribution in [2.24, 2.45) is 0 Å². The number of anilines is 1. The minimum atomic E-state index is -0.402. The van der Waals surface area contributed by atoms with E-state index < -0.39 is 6.29 Å². The standard InChI is InChI=1S/C24H27NO4/c1-25(16-18-7-4-3-5-8-18)21-10-9-19-14-22(24-27-11-6-12-28-24)23(29-17-26-2)15-20(19)13-21/h3-5,7-10,13-15,24H,6,11-12,16-17H2,1-2H3. The van der Waals surface area contributed by atoms with Crippen molar-refractivity contribution in [2.75, 3.05) is 39.1 Å². The van der Waals surface area contributed by atoms with Crippen molar-refractivity contribution >= 4 is 16.5 Å². The third kappa shape index (κ3) is 4.70. The summed E-state index contributed by atoms with van der Waals surface area (Å²) >= 11 is 0. The van der Waals surface area contributed by atoms with Gasteiger partial charge >= 0.3 is 0 Å². The van der Waals surface area contributed by atoms with E-state index in [1.807, 2.05) is 12.1 Å². The molecule has 0 atom stereocenters. The fraction of sp³-hybridized carbons (Fsp3) is 0.333. The molecule has 3 aromatic carbocycles. The van der Waals surface area contributed by atoms with E-state index in [0.717, 1.165) is 40.7 Å². The molecule has 1 saturated heterocycles. The summed E-state index contributed by atoms with van der Waals surface area (Å²) in [5.41, 5.74) is 3.33. The van der Waals surface area contributed by atoms with Crippen molar-refractivity contribution in [2.45, 2.75) is 19.3 Å². The first-order valence-corrected chi connectivity index (χ1v) is 9.92. The Morgan fingerprint density at radius 3 is 2.52 bits per heavy atom. The lowest BCUT2D eigenvalue weighted by atomic mass is 10.0. The Labute approximate surface area is 171 Å². The van der Waals surface area contributed by atoms with Gasteiger partial charge in [-0.05, 0) is 47.0 Å². The van der Waals surface area contributed by atoms with Crippen LogP contribution < -0.4 is 9.64 Å². The molecule has 5 nitrogen and oxygen atoms in total. The van der Waals surface area contributed by atoms with Gasteiger partial charge in [0.05, 0.1) is 18.8 Å². The van der Waals surface area contributed by atoms with Gasteiger partial charge in [-0.3, -0.25) is 0 Å². The van der Waals surface area contributed by atoms with Gasteiger partial charge in [-0.1, -0.05) is 36.4 Å². The van der Waals surface area contributed by atoms with Crippen LogP contribution in [0.3, 0.4) is 0 Å². The number of ether oxygens (including phenoxy) is 4. The zero-order valence-corrected chi connectivity index (χ0v) is 17.0. The van der Waals surface area contributed by atoms with Crippen molar-refractivity contribution in [3.05, 3.63) is 71.8 Å². The Morgan fingerprint density at radius 1 is 0.966 bits per heavy atom. The monoisotopic (exact) mass is 393 g/mol. The zero-order valence-electron chi connectivity index (χ0n) is 17.0. The summed E-state index contributed by atoms with van der Waals surface area (Å²) in [4.78, 5) is 2.24. The third-order valence-electron chi connectivity index (χ3n) is 5.07. The number of rotatable bonds is 7. The molecule has 4 rings (SSSR count). The van der Waals surface area contributed by atoms with Crippen LogP contribution in [0, 0.1) is 0 Å². The average molecular weight is 393 g/mol. The first-order valence-electron chi connectivity index (χ1n) is 9.92. The molecule has 0 aliphatic carbocycles. The van der Waals surface area contributed by atoms with Gasteiger partial charge in [-0.2, -0.15) is 0 Å². The van der Waals surface area contributed by atoms with Gasteiger partial charge in [0.2, 0.25) is 0 Å². The zero-order chi connectivity index (χ0) is 20.1. The maximum absolute atomic E-state index is 5.85. The van der Waals surface area contributed by atoms with Crippen molar-refractivity contribution in [3.63, 3.8) is 0 Å². The predicted molar refractivity (Wildman–Crippen MR) is 114 cm³/mol. The quantitative estimate of drug-likeness (QED) is 0.534. The fourth-order valence-electron chi connectivity index (χ4n) is 3.57. The van der Waals surface area contributed by atoms with E-state index in [9.17, 15) is 0 Å². The summed E-state index contributed by atoms with van der Waals surface area (Å²) in [6, 6.07) is 21.1. The Kier molecular flexibility index (Phi) is 6.30. The first kappa shape index (κ1) is 19.7. The molecule has 1 heterocycles. The maximum Gasteiger partial charge on any atom is 0.188 e. The largest absolute Gasteiger partial charge is 0.467 e. The molecule has 29 heavy (non-hydrogen) atoms. The average Bonchev–Trinajstić information content (AvgIpc) is 2.78. The second kappa shape index (κ2) is 9.27. The molecule has 0 unspecified atom stereocenters. The smallest absolute Gasteiger partial charge is 0.188 e. The third-order valence-corrected chi connectivity index (χ3v) is 5.07. The van der Waals surface area contributed by atoms with E-state index >= 15 is 0 Å². The first-order chi connectivity index (χ1) is 14.2. The van der Waals surface area contributed by atoms with Crippen LogP contribution in [0.15, 0.2) is 60.7 Å². The highest BCUT2D eigenvalue weighted by Gasteiger charge is 2.22. The molecule has 1 fully saturated rings. The minimum Gasteiger partial charge on any atom is -0.467 e. The van der Waals surface area contributed by atoms with Crippen molar-refractivity contribution in [3.8, 4) is 5.75 Å². The number of hydrogen-bond donors (Lipinski definition) is 0. The number of hydrogen-bond acceptors (Lipinski definition) is 5. The van der Waals surface area contributed by atoms with Crippen LogP contribution in [0.4, 0.5) is 5.69 Å². The highest BCUT2D eigenvalue weighted by atomic mass is 16.7. The SMILES string of the molecule is COCOc1cc2cc(N(C)Cc3ccccc3)ccc2cc1C1OCCCO1. The molecule has 0 spiro atoms. The van der Waals surface area contributed by atoms with Gasteiger partial charge in [0, 0.05) is 26.4 Å². The molecule has 1 aliphatic heterocycles.